The van der Waals surface area contributed by atoms with Gasteiger partial charge in [-0.3, -0.25) is 4.79 Å². The molecule has 4 rings (SSSR count). The Bertz CT molecular complexity index is 1210. The van der Waals surface area contributed by atoms with Crippen molar-refractivity contribution in [1.82, 2.24) is 14.9 Å². The van der Waals surface area contributed by atoms with E-state index in [1.54, 1.807) is 24.3 Å². The van der Waals surface area contributed by atoms with E-state index in [-0.39, 0.29) is 23.8 Å². The van der Waals surface area contributed by atoms with E-state index >= 15 is 0 Å². The molecule has 33 heavy (non-hydrogen) atoms. The van der Waals surface area contributed by atoms with Crippen molar-refractivity contribution in [1.29, 1.82) is 5.26 Å². The molecule has 1 aromatic carbocycles. The number of nitrogens with zero attached hydrogens (tertiary/aromatic N) is 4. The van der Waals surface area contributed by atoms with Crippen molar-refractivity contribution in [2.45, 2.75) is 25.9 Å². The highest BCUT2D eigenvalue weighted by Crippen LogP contribution is 2.38. The SMILES string of the molecule is Cc1cccc(C(=O)N2CC(c3ccc(Cl)c(Cl)c3)C(C(C)Oc3ccc(C#N)cn3)C2)n1. The third-order valence-electron chi connectivity index (χ3n) is 5.91. The summed E-state index contributed by atoms with van der Waals surface area (Å²) < 4.78 is 6.12. The first-order valence-electron chi connectivity index (χ1n) is 10.6. The van der Waals surface area contributed by atoms with E-state index in [1.807, 2.05) is 49.1 Å². The first kappa shape index (κ1) is 23.0. The predicted octanol–water partition coefficient (Wildman–Crippen LogP) is 5.29. The van der Waals surface area contributed by atoms with Gasteiger partial charge in [0.2, 0.25) is 5.88 Å². The molecule has 0 bridgehead atoms. The van der Waals surface area contributed by atoms with Crippen LogP contribution in [-0.4, -0.2) is 40.0 Å². The van der Waals surface area contributed by atoms with Crippen molar-refractivity contribution in [2.75, 3.05) is 13.1 Å². The minimum atomic E-state index is -0.256. The van der Waals surface area contributed by atoms with Crippen LogP contribution in [0.15, 0.2) is 54.7 Å². The zero-order chi connectivity index (χ0) is 23.5. The molecule has 0 radical (unpaired) electrons. The number of halogens is 2. The molecule has 3 heterocycles. The average molecular weight is 481 g/mol. The Labute approximate surface area is 202 Å². The summed E-state index contributed by atoms with van der Waals surface area (Å²) in [5, 5.41) is 9.94. The predicted molar refractivity (Wildman–Crippen MR) is 127 cm³/mol. The van der Waals surface area contributed by atoms with Crippen molar-refractivity contribution < 1.29 is 9.53 Å². The first-order chi connectivity index (χ1) is 15.9. The Morgan fingerprint density at radius 1 is 1.18 bits per heavy atom. The summed E-state index contributed by atoms with van der Waals surface area (Å²) in [4.78, 5) is 23.7. The molecule has 1 aliphatic heterocycles. The van der Waals surface area contributed by atoms with Crippen molar-refractivity contribution >= 4 is 29.1 Å². The highest BCUT2D eigenvalue weighted by Gasteiger charge is 2.41. The van der Waals surface area contributed by atoms with Crippen LogP contribution in [-0.2, 0) is 0 Å². The number of benzene rings is 1. The molecule has 0 spiro atoms. The summed E-state index contributed by atoms with van der Waals surface area (Å²) >= 11 is 12.4. The Morgan fingerprint density at radius 2 is 2.00 bits per heavy atom. The molecule has 1 amide bonds. The van der Waals surface area contributed by atoms with Gasteiger partial charge < -0.3 is 9.64 Å². The van der Waals surface area contributed by atoms with Gasteiger partial charge >= 0.3 is 0 Å². The molecule has 2 aromatic heterocycles. The molecule has 6 nitrogen and oxygen atoms in total. The van der Waals surface area contributed by atoms with Crippen LogP contribution in [0.5, 0.6) is 5.88 Å². The van der Waals surface area contributed by atoms with Gasteiger partial charge in [-0.05, 0) is 49.7 Å². The standard InChI is InChI=1S/C25H22Cl2N4O2/c1-15-4-3-5-23(30-15)25(32)31-13-19(16(2)33-24-9-6-17(11-28)12-29-24)20(14-31)18-7-8-21(26)22(27)10-18/h3-10,12,16,19-20H,13-14H2,1-2H3. The number of carbonyl (C=O) groups is 1. The molecule has 1 fully saturated rings. The number of hydrogen-bond acceptors (Lipinski definition) is 5. The van der Waals surface area contributed by atoms with E-state index < -0.39 is 0 Å². The summed E-state index contributed by atoms with van der Waals surface area (Å²) in [7, 11) is 0. The molecule has 168 valence electrons. The smallest absolute Gasteiger partial charge is 0.272 e. The molecule has 8 heteroatoms. The van der Waals surface area contributed by atoms with Gasteiger partial charge in [-0.2, -0.15) is 5.26 Å². The minimum absolute atomic E-state index is 0.0121. The number of pyridine rings is 2. The van der Waals surface area contributed by atoms with Gasteiger partial charge in [-0.25, -0.2) is 9.97 Å². The number of ether oxygens (including phenoxy) is 1. The van der Waals surface area contributed by atoms with E-state index in [2.05, 4.69) is 9.97 Å². The van der Waals surface area contributed by atoms with Crippen LogP contribution < -0.4 is 4.74 Å². The van der Waals surface area contributed by atoms with Crippen LogP contribution in [0.25, 0.3) is 0 Å². The van der Waals surface area contributed by atoms with Gasteiger partial charge in [-0.15, -0.1) is 0 Å². The van der Waals surface area contributed by atoms with E-state index in [4.69, 9.17) is 33.2 Å². The molecule has 3 atom stereocenters. The maximum Gasteiger partial charge on any atom is 0.272 e. The van der Waals surface area contributed by atoms with Gasteiger partial charge in [-0.1, -0.05) is 35.3 Å². The number of rotatable bonds is 5. The largest absolute Gasteiger partial charge is 0.474 e. The fourth-order valence-electron chi connectivity index (χ4n) is 4.18. The number of carbonyl (C=O) groups excluding carboxylic acids is 1. The van der Waals surface area contributed by atoms with Crippen molar-refractivity contribution in [3.63, 3.8) is 0 Å². The van der Waals surface area contributed by atoms with Crippen LogP contribution in [0.3, 0.4) is 0 Å². The number of amides is 1. The van der Waals surface area contributed by atoms with Gasteiger partial charge in [0.05, 0.1) is 15.6 Å². The molecular formula is C25H22Cl2N4O2. The van der Waals surface area contributed by atoms with E-state index in [9.17, 15) is 4.79 Å². The molecule has 3 aromatic rings. The second kappa shape index (κ2) is 9.78. The lowest BCUT2D eigenvalue weighted by Crippen LogP contribution is -2.32. The number of aryl methyl sites for hydroxylation is 1. The van der Waals surface area contributed by atoms with Crippen LogP contribution >= 0.6 is 23.2 Å². The van der Waals surface area contributed by atoms with Crippen LogP contribution in [0.1, 0.15) is 40.2 Å². The van der Waals surface area contributed by atoms with Crippen LogP contribution in [0.4, 0.5) is 0 Å². The summed E-state index contributed by atoms with van der Waals surface area (Å²) in [6.07, 6.45) is 1.22. The highest BCUT2D eigenvalue weighted by atomic mass is 35.5. The topological polar surface area (TPSA) is 79.1 Å². The molecule has 0 saturated carbocycles. The van der Waals surface area contributed by atoms with Crippen LogP contribution in [0, 0.1) is 24.2 Å². The zero-order valence-corrected chi connectivity index (χ0v) is 19.7. The summed E-state index contributed by atoms with van der Waals surface area (Å²) in [5.41, 5.74) is 2.67. The minimum Gasteiger partial charge on any atom is -0.474 e. The second-order valence-corrected chi connectivity index (χ2v) is 8.95. The monoisotopic (exact) mass is 480 g/mol. The molecule has 1 saturated heterocycles. The summed E-state index contributed by atoms with van der Waals surface area (Å²) in [6.45, 7) is 4.83. The van der Waals surface area contributed by atoms with Crippen molar-refractivity contribution in [3.8, 4) is 11.9 Å². The molecular weight excluding hydrogens is 459 g/mol. The molecule has 3 unspecified atom stereocenters. The van der Waals surface area contributed by atoms with Gasteiger partial charge in [0.25, 0.3) is 5.91 Å². The third-order valence-corrected chi connectivity index (χ3v) is 6.65. The van der Waals surface area contributed by atoms with Crippen molar-refractivity contribution in [2.24, 2.45) is 5.92 Å². The van der Waals surface area contributed by atoms with Gasteiger partial charge in [0.1, 0.15) is 17.9 Å². The summed E-state index contributed by atoms with van der Waals surface area (Å²) in [5.74, 6) is 0.282. The van der Waals surface area contributed by atoms with Crippen molar-refractivity contribution in [3.05, 3.63) is 87.3 Å². The third kappa shape index (κ3) is 5.11. The number of aromatic nitrogens is 2. The second-order valence-electron chi connectivity index (χ2n) is 8.14. The number of hydrogen-bond donors (Lipinski definition) is 0. The fourth-order valence-corrected chi connectivity index (χ4v) is 4.49. The molecule has 1 aliphatic rings. The van der Waals surface area contributed by atoms with Crippen LogP contribution in [0.2, 0.25) is 10.0 Å². The molecule has 0 aliphatic carbocycles. The Kier molecular flexibility index (Phi) is 6.83. The quantitative estimate of drug-likeness (QED) is 0.495. The lowest BCUT2D eigenvalue weighted by Gasteiger charge is -2.25. The lowest BCUT2D eigenvalue weighted by atomic mass is 9.86. The Hall–Kier alpha value is -3.14. The fraction of sp³-hybridized carbons (Fsp3) is 0.280. The van der Waals surface area contributed by atoms with Gasteiger partial charge in [0, 0.05) is 42.9 Å². The maximum atomic E-state index is 13.2. The van der Waals surface area contributed by atoms with E-state index in [0.717, 1.165) is 11.3 Å². The van der Waals surface area contributed by atoms with Gasteiger partial charge in [0.15, 0.2) is 0 Å². The summed E-state index contributed by atoms with van der Waals surface area (Å²) in [6, 6.07) is 16.4. The number of likely N-dealkylation sites (tertiary alicyclic amines) is 1. The number of nitriles is 1. The Morgan fingerprint density at radius 3 is 2.67 bits per heavy atom. The average Bonchev–Trinajstić information content (AvgIpc) is 3.26. The lowest BCUT2D eigenvalue weighted by molar-refractivity contribution is 0.0763. The molecule has 0 N–H and O–H groups in total. The van der Waals surface area contributed by atoms with E-state index in [0.29, 0.717) is 40.3 Å². The first-order valence-corrected chi connectivity index (χ1v) is 11.3. The normalized spacial score (nSPS) is 18.6. The Balaban J connectivity index is 1.61. The van der Waals surface area contributed by atoms with E-state index in [1.165, 1.54) is 6.20 Å². The zero-order valence-electron chi connectivity index (χ0n) is 18.2. The highest BCUT2D eigenvalue weighted by molar-refractivity contribution is 6.42. The maximum absolute atomic E-state index is 13.2.